The Morgan fingerprint density at radius 1 is 1.69 bits per heavy atom. The highest BCUT2D eigenvalue weighted by Gasteiger charge is 2.18. The number of nitrogens with two attached hydrogens (primary N) is 1. The molecule has 1 rings (SSSR count). The topological polar surface area (TPSA) is 82.0 Å². The van der Waals surface area contributed by atoms with Crippen LogP contribution in [0.4, 0.5) is 11.5 Å². The van der Waals surface area contributed by atoms with Crippen molar-refractivity contribution in [1.29, 1.82) is 0 Å². The molecule has 0 atom stereocenters. The minimum absolute atomic E-state index is 0.0754. The van der Waals surface area contributed by atoms with E-state index in [1.54, 1.807) is 6.92 Å². The average molecular weight is 284 g/mol. The third-order valence-corrected chi connectivity index (χ3v) is 2.36. The lowest BCUT2D eigenvalue weighted by Crippen LogP contribution is -2.02. The Bertz CT molecular complexity index is 477. The second-order valence-electron chi connectivity index (χ2n) is 3.03. The maximum absolute atomic E-state index is 10.8. The highest BCUT2D eigenvalue weighted by Crippen LogP contribution is 2.25. The quantitative estimate of drug-likeness (QED) is 0.390. The SMILES string of the molecule is Cc1c(C#CCCBr)cnc(N)c1[N+](=O)[O-]. The van der Waals surface area contributed by atoms with Crippen LogP contribution in [0.5, 0.6) is 0 Å². The van der Waals surface area contributed by atoms with Crippen LogP contribution in [0.15, 0.2) is 6.20 Å². The van der Waals surface area contributed by atoms with Crippen LogP contribution in [0.1, 0.15) is 17.5 Å². The lowest BCUT2D eigenvalue weighted by molar-refractivity contribution is -0.384. The van der Waals surface area contributed by atoms with E-state index in [1.807, 2.05) is 0 Å². The molecule has 0 fully saturated rings. The van der Waals surface area contributed by atoms with Gasteiger partial charge < -0.3 is 5.73 Å². The Kier molecular flexibility index (Phi) is 4.26. The number of nitrogen functional groups attached to an aromatic ring is 1. The summed E-state index contributed by atoms with van der Waals surface area (Å²) < 4.78 is 0. The van der Waals surface area contributed by atoms with E-state index in [-0.39, 0.29) is 11.5 Å². The molecule has 0 spiro atoms. The number of alkyl halides is 1. The first kappa shape index (κ1) is 12.5. The highest BCUT2D eigenvalue weighted by molar-refractivity contribution is 9.09. The van der Waals surface area contributed by atoms with E-state index in [9.17, 15) is 10.1 Å². The molecular formula is C10H10BrN3O2. The number of hydrogen-bond donors (Lipinski definition) is 1. The minimum atomic E-state index is -0.534. The molecule has 0 aliphatic heterocycles. The average Bonchev–Trinajstić information content (AvgIpc) is 2.21. The number of aromatic nitrogens is 1. The number of nitro groups is 1. The fourth-order valence-electron chi connectivity index (χ4n) is 1.17. The Morgan fingerprint density at radius 3 is 2.94 bits per heavy atom. The molecule has 0 unspecified atom stereocenters. The molecular weight excluding hydrogens is 274 g/mol. The molecule has 0 bridgehead atoms. The maximum Gasteiger partial charge on any atom is 0.315 e. The van der Waals surface area contributed by atoms with Gasteiger partial charge in [-0.1, -0.05) is 27.8 Å². The van der Waals surface area contributed by atoms with Crippen molar-refractivity contribution in [2.45, 2.75) is 13.3 Å². The summed E-state index contributed by atoms with van der Waals surface area (Å²) in [6.07, 6.45) is 2.14. The van der Waals surface area contributed by atoms with E-state index >= 15 is 0 Å². The van der Waals surface area contributed by atoms with Gasteiger partial charge in [-0.3, -0.25) is 10.1 Å². The van der Waals surface area contributed by atoms with Crippen LogP contribution in [-0.2, 0) is 0 Å². The maximum atomic E-state index is 10.8. The van der Waals surface area contributed by atoms with Crippen molar-refractivity contribution < 1.29 is 4.92 Å². The molecule has 0 amide bonds. The zero-order chi connectivity index (χ0) is 12.1. The molecule has 2 N–H and O–H groups in total. The Morgan fingerprint density at radius 2 is 2.38 bits per heavy atom. The van der Waals surface area contributed by atoms with Crippen LogP contribution in [0, 0.1) is 28.9 Å². The second-order valence-corrected chi connectivity index (χ2v) is 3.82. The molecule has 16 heavy (non-hydrogen) atoms. The predicted octanol–water partition coefficient (Wildman–Crippen LogP) is 2.02. The van der Waals surface area contributed by atoms with E-state index in [0.717, 1.165) is 5.33 Å². The number of rotatable bonds is 2. The second kappa shape index (κ2) is 5.47. The number of halogens is 1. The third-order valence-electron chi connectivity index (χ3n) is 1.96. The van der Waals surface area contributed by atoms with Crippen LogP contribution in [0.3, 0.4) is 0 Å². The van der Waals surface area contributed by atoms with E-state index < -0.39 is 4.92 Å². The van der Waals surface area contributed by atoms with Crippen molar-refractivity contribution in [3.05, 3.63) is 27.4 Å². The zero-order valence-corrected chi connectivity index (χ0v) is 10.2. The number of hydrogen-bond acceptors (Lipinski definition) is 4. The van der Waals surface area contributed by atoms with Crippen molar-refractivity contribution in [2.24, 2.45) is 0 Å². The van der Waals surface area contributed by atoms with Crippen molar-refractivity contribution in [3.63, 3.8) is 0 Å². The summed E-state index contributed by atoms with van der Waals surface area (Å²) in [6, 6.07) is 0. The first-order chi connectivity index (χ1) is 7.57. The van der Waals surface area contributed by atoms with Gasteiger partial charge in [-0.25, -0.2) is 4.98 Å². The molecule has 0 saturated heterocycles. The lowest BCUT2D eigenvalue weighted by Gasteiger charge is -2.01. The van der Waals surface area contributed by atoms with Crippen molar-refractivity contribution in [2.75, 3.05) is 11.1 Å². The van der Waals surface area contributed by atoms with Gasteiger partial charge in [0.25, 0.3) is 0 Å². The molecule has 6 heteroatoms. The van der Waals surface area contributed by atoms with Crippen LogP contribution in [0.2, 0.25) is 0 Å². The summed E-state index contributed by atoms with van der Waals surface area (Å²) in [5, 5.41) is 11.5. The van der Waals surface area contributed by atoms with Gasteiger partial charge in [0.05, 0.1) is 10.5 Å². The minimum Gasteiger partial charge on any atom is -0.378 e. The van der Waals surface area contributed by atoms with Gasteiger partial charge in [0.1, 0.15) is 0 Å². The zero-order valence-electron chi connectivity index (χ0n) is 8.66. The third kappa shape index (κ3) is 2.70. The molecule has 5 nitrogen and oxygen atoms in total. The van der Waals surface area contributed by atoms with E-state index in [0.29, 0.717) is 17.5 Å². The normalized spacial score (nSPS) is 9.38. The molecule has 0 aliphatic rings. The predicted molar refractivity (Wildman–Crippen MR) is 65.3 cm³/mol. The largest absolute Gasteiger partial charge is 0.378 e. The first-order valence-electron chi connectivity index (χ1n) is 4.52. The van der Waals surface area contributed by atoms with Crippen molar-refractivity contribution >= 4 is 27.4 Å². The number of nitrogens with zero attached hydrogens (tertiary/aromatic N) is 2. The van der Waals surface area contributed by atoms with E-state index in [1.165, 1.54) is 6.20 Å². The molecule has 0 aliphatic carbocycles. The fourth-order valence-corrected chi connectivity index (χ4v) is 1.37. The highest BCUT2D eigenvalue weighted by atomic mass is 79.9. The van der Waals surface area contributed by atoms with E-state index in [2.05, 4.69) is 32.8 Å². The molecule has 84 valence electrons. The molecule has 1 aromatic heterocycles. The van der Waals surface area contributed by atoms with Gasteiger partial charge in [-0.05, 0) is 6.92 Å². The molecule has 0 saturated carbocycles. The molecule has 0 aromatic carbocycles. The van der Waals surface area contributed by atoms with Gasteiger partial charge in [-0.2, -0.15) is 0 Å². The number of pyridine rings is 1. The summed E-state index contributed by atoms with van der Waals surface area (Å²) in [5.74, 6) is 5.64. The number of anilines is 1. The summed E-state index contributed by atoms with van der Waals surface area (Å²) in [5.41, 5.74) is 6.28. The lowest BCUT2D eigenvalue weighted by atomic mass is 10.1. The van der Waals surface area contributed by atoms with Crippen molar-refractivity contribution in [3.8, 4) is 11.8 Å². The van der Waals surface area contributed by atoms with Gasteiger partial charge in [0.15, 0.2) is 0 Å². The standard InChI is InChI=1S/C10H10BrN3O2/c1-7-8(4-2-3-5-11)6-13-10(12)9(7)14(15)16/h6H,3,5H2,1H3,(H2,12,13). The molecule has 0 radical (unpaired) electrons. The van der Waals surface area contributed by atoms with Crippen LogP contribution in [-0.4, -0.2) is 15.2 Å². The van der Waals surface area contributed by atoms with Crippen LogP contribution in [0.25, 0.3) is 0 Å². The Labute approximate surface area is 101 Å². The van der Waals surface area contributed by atoms with E-state index in [4.69, 9.17) is 5.73 Å². The van der Waals surface area contributed by atoms with Gasteiger partial charge in [0, 0.05) is 23.5 Å². The molecule has 1 heterocycles. The summed E-state index contributed by atoms with van der Waals surface area (Å²) >= 11 is 3.24. The smallest absolute Gasteiger partial charge is 0.315 e. The Balaban J connectivity index is 3.20. The summed E-state index contributed by atoms with van der Waals surface area (Å²) in [7, 11) is 0. The van der Waals surface area contributed by atoms with Gasteiger partial charge in [-0.15, -0.1) is 0 Å². The van der Waals surface area contributed by atoms with Gasteiger partial charge in [0.2, 0.25) is 5.82 Å². The summed E-state index contributed by atoms with van der Waals surface area (Å²) in [6.45, 7) is 1.62. The van der Waals surface area contributed by atoms with Crippen LogP contribution < -0.4 is 5.73 Å². The van der Waals surface area contributed by atoms with Gasteiger partial charge >= 0.3 is 5.69 Å². The first-order valence-corrected chi connectivity index (χ1v) is 5.64. The summed E-state index contributed by atoms with van der Waals surface area (Å²) in [4.78, 5) is 14.0. The fraction of sp³-hybridized carbons (Fsp3) is 0.300. The van der Waals surface area contributed by atoms with Crippen molar-refractivity contribution in [1.82, 2.24) is 4.98 Å². The monoisotopic (exact) mass is 283 g/mol. The Hall–Kier alpha value is -1.61. The van der Waals surface area contributed by atoms with Crippen LogP contribution >= 0.6 is 15.9 Å². The molecule has 1 aromatic rings.